The highest BCUT2D eigenvalue weighted by Crippen LogP contribution is 2.20. The number of nitrogen functional groups attached to an aromatic ring is 1. The summed E-state index contributed by atoms with van der Waals surface area (Å²) in [5.74, 6) is 1.04. The molecule has 0 spiro atoms. The number of hydrogen-bond acceptors (Lipinski definition) is 4. The normalized spacial score (nSPS) is 11.2. The van der Waals surface area contributed by atoms with Crippen LogP contribution in [0.25, 0.3) is 10.9 Å². The molecule has 0 unspecified atom stereocenters. The molecule has 2 N–H and O–H groups in total. The summed E-state index contributed by atoms with van der Waals surface area (Å²) in [6.45, 7) is 5.27. The largest absolute Gasteiger partial charge is 0.399 e. The minimum atomic E-state index is 0.783. The van der Waals surface area contributed by atoms with Gasteiger partial charge in [-0.15, -0.1) is 0 Å². The lowest BCUT2D eigenvalue weighted by Gasteiger charge is -2.23. The number of aromatic nitrogens is 1. The topological polar surface area (TPSA) is 45.4 Å². The highest BCUT2D eigenvalue weighted by molar-refractivity contribution is 5.83. The monoisotopic (exact) mass is 272 g/mol. The van der Waals surface area contributed by atoms with Crippen molar-refractivity contribution in [1.29, 1.82) is 0 Å². The fourth-order valence-electron chi connectivity index (χ4n) is 2.32. The Bertz CT molecular complexity index is 565. The van der Waals surface area contributed by atoms with Crippen LogP contribution in [0.5, 0.6) is 0 Å². The van der Waals surface area contributed by atoms with Crippen LogP contribution in [0.2, 0.25) is 0 Å². The van der Waals surface area contributed by atoms with Crippen LogP contribution in [-0.2, 0) is 0 Å². The molecule has 0 saturated heterocycles. The molecular formula is C16H24N4. The molecule has 1 heterocycles. The van der Waals surface area contributed by atoms with E-state index in [9.17, 15) is 0 Å². The Hall–Kier alpha value is -1.81. The van der Waals surface area contributed by atoms with Crippen molar-refractivity contribution in [2.75, 3.05) is 44.4 Å². The number of nitrogens with zero attached hydrogens (tertiary/aromatic N) is 3. The molecule has 4 heteroatoms. The van der Waals surface area contributed by atoms with Gasteiger partial charge < -0.3 is 15.5 Å². The first kappa shape index (κ1) is 14.6. The van der Waals surface area contributed by atoms with Gasteiger partial charge >= 0.3 is 0 Å². The van der Waals surface area contributed by atoms with Gasteiger partial charge in [0.15, 0.2) is 0 Å². The van der Waals surface area contributed by atoms with Crippen LogP contribution in [0.3, 0.4) is 0 Å². The first-order valence-electron chi connectivity index (χ1n) is 7.16. The zero-order valence-electron chi connectivity index (χ0n) is 12.6. The van der Waals surface area contributed by atoms with Crippen LogP contribution in [-0.4, -0.2) is 43.6 Å². The summed E-state index contributed by atoms with van der Waals surface area (Å²) in [5, 5.41) is 1.10. The minimum absolute atomic E-state index is 0.783. The molecular weight excluding hydrogens is 248 g/mol. The molecule has 0 atom stereocenters. The van der Waals surface area contributed by atoms with Gasteiger partial charge in [0.2, 0.25) is 0 Å². The van der Waals surface area contributed by atoms with Crippen molar-refractivity contribution >= 4 is 22.4 Å². The lowest BCUT2D eigenvalue weighted by molar-refractivity contribution is 0.400. The van der Waals surface area contributed by atoms with Gasteiger partial charge in [-0.2, -0.15) is 0 Å². The Morgan fingerprint density at radius 2 is 1.90 bits per heavy atom. The summed E-state index contributed by atoms with van der Waals surface area (Å²) in [5.41, 5.74) is 7.58. The fourth-order valence-corrected chi connectivity index (χ4v) is 2.32. The molecule has 20 heavy (non-hydrogen) atoms. The van der Waals surface area contributed by atoms with Crippen molar-refractivity contribution < 1.29 is 0 Å². The predicted molar refractivity (Wildman–Crippen MR) is 87.2 cm³/mol. The lowest BCUT2D eigenvalue weighted by atomic mass is 10.2. The predicted octanol–water partition coefficient (Wildman–Crippen LogP) is 2.60. The molecule has 2 rings (SSSR count). The highest BCUT2D eigenvalue weighted by atomic mass is 15.2. The van der Waals surface area contributed by atoms with Crippen molar-refractivity contribution in [2.24, 2.45) is 0 Å². The Labute approximate surface area is 121 Å². The number of hydrogen-bond donors (Lipinski definition) is 1. The van der Waals surface area contributed by atoms with Crippen molar-refractivity contribution in [3.8, 4) is 0 Å². The summed E-state index contributed by atoms with van der Waals surface area (Å²) >= 11 is 0. The maximum atomic E-state index is 5.80. The molecule has 1 aromatic carbocycles. The van der Waals surface area contributed by atoms with Gasteiger partial charge in [-0.05, 0) is 64.3 Å². The number of anilines is 2. The third-order valence-electron chi connectivity index (χ3n) is 3.44. The summed E-state index contributed by atoms with van der Waals surface area (Å²) in [6, 6.07) is 10.0. The van der Waals surface area contributed by atoms with Crippen molar-refractivity contribution in [3.05, 3.63) is 30.3 Å². The van der Waals surface area contributed by atoms with E-state index in [4.69, 9.17) is 10.7 Å². The van der Waals surface area contributed by atoms with E-state index in [1.807, 2.05) is 18.2 Å². The Kier molecular flexibility index (Phi) is 4.79. The van der Waals surface area contributed by atoms with Crippen LogP contribution >= 0.6 is 0 Å². The van der Waals surface area contributed by atoms with E-state index in [1.54, 1.807) is 0 Å². The van der Waals surface area contributed by atoms with E-state index >= 15 is 0 Å². The van der Waals surface area contributed by atoms with Gasteiger partial charge in [0.25, 0.3) is 0 Å². The van der Waals surface area contributed by atoms with Crippen molar-refractivity contribution in [2.45, 2.75) is 13.3 Å². The van der Waals surface area contributed by atoms with E-state index in [0.29, 0.717) is 0 Å². The smallest absolute Gasteiger partial charge is 0.129 e. The number of fused-ring (bicyclic) bond motifs is 1. The minimum Gasteiger partial charge on any atom is -0.399 e. The third-order valence-corrected chi connectivity index (χ3v) is 3.44. The molecule has 0 saturated carbocycles. The standard InChI is InChI=1S/C16H24N4/c1-4-20(11-5-10-19(2)3)16-9-6-13-12-14(17)7-8-15(13)18-16/h6-9,12H,4-5,10-11,17H2,1-3H3. The van der Waals surface area contributed by atoms with Gasteiger partial charge in [-0.1, -0.05) is 0 Å². The summed E-state index contributed by atoms with van der Waals surface area (Å²) in [7, 11) is 4.21. The molecule has 0 bridgehead atoms. The molecule has 0 amide bonds. The number of pyridine rings is 1. The Balaban J connectivity index is 2.15. The van der Waals surface area contributed by atoms with Crippen LogP contribution in [0, 0.1) is 0 Å². The highest BCUT2D eigenvalue weighted by Gasteiger charge is 2.07. The van der Waals surface area contributed by atoms with Gasteiger partial charge in [-0.25, -0.2) is 4.98 Å². The molecule has 0 radical (unpaired) electrons. The second-order valence-electron chi connectivity index (χ2n) is 5.36. The zero-order valence-corrected chi connectivity index (χ0v) is 12.6. The summed E-state index contributed by atoms with van der Waals surface area (Å²) in [4.78, 5) is 9.27. The summed E-state index contributed by atoms with van der Waals surface area (Å²) in [6.07, 6.45) is 1.14. The fraction of sp³-hybridized carbons (Fsp3) is 0.438. The van der Waals surface area contributed by atoms with Gasteiger partial charge in [0.1, 0.15) is 5.82 Å². The number of rotatable bonds is 6. The van der Waals surface area contributed by atoms with Crippen LogP contribution in [0.4, 0.5) is 11.5 Å². The van der Waals surface area contributed by atoms with Crippen LogP contribution in [0.1, 0.15) is 13.3 Å². The maximum Gasteiger partial charge on any atom is 0.129 e. The van der Waals surface area contributed by atoms with E-state index < -0.39 is 0 Å². The van der Waals surface area contributed by atoms with E-state index in [1.165, 1.54) is 0 Å². The first-order chi connectivity index (χ1) is 9.60. The molecule has 108 valence electrons. The van der Waals surface area contributed by atoms with Crippen LogP contribution in [0.15, 0.2) is 30.3 Å². The molecule has 0 fully saturated rings. The van der Waals surface area contributed by atoms with Crippen LogP contribution < -0.4 is 10.6 Å². The SMILES string of the molecule is CCN(CCCN(C)C)c1ccc2cc(N)ccc2n1. The molecule has 0 aliphatic rings. The molecule has 4 nitrogen and oxygen atoms in total. The van der Waals surface area contributed by atoms with Crippen molar-refractivity contribution in [1.82, 2.24) is 9.88 Å². The molecule has 1 aromatic heterocycles. The van der Waals surface area contributed by atoms with Crippen molar-refractivity contribution in [3.63, 3.8) is 0 Å². The lowest BCUT2D eigenvalue weighted by Crippen LogP contribution is -2.27. The van der Waals surface area contributed by atoms with Gasteiger partial charge in [0, 0.05) is 24.2 Å². The zero-order chi connectivity index (χ0) is 14.5. The van der Waals surface area contributed by atoms with E-state index in [0.717, 1.165) is 48.5 Å². The maximum absolute atomic E-state index is 5.80. The average Bonchev–Trinajstić information content (AvgIpc) is 2.43. The molecule has 0 aliphatic heterocycles. The third kappa shape index (κ3) is 3.61. The second kappa shape index (κ2) is 6.57. The second-order valence-corrected chi connectivity index (χ2v) is 5.36. The number of benzene rings is 1. The summed E-state index contributed by atoms with van der Waals surface area (Å²) < 4.78 is 0. The van der Waals surface area contributed by atoms with Gasteiger partial charge in [-0.3, -0.25) is 0 Å². The van der Waals surface area contributed by atoms with E-state index in [-0.39, 0.29) is 0 Å². The molecule has 0 aliphatic carbocycles. The first-order valence-corrected chi connectivity index (χ1v) is 7.16. The van der Waals surface area contributed by atoms with Gasteiger partial charge in [0.05, 0.1) is 5.52 Å². The number of nitrogens with two attached hydrogens (primary N) is 1. The van der Waals surface area contributed by atoms with E-state index in [2.05, 4.69) is 43.0 Å². The quantitative estimate of drug-likeness (QED) is 0.821. The average molecular weight is 272 g/mol. The Morgan fingerprint density at radius 3 is 2.60 bits per heavy atom. The molecule has 2 aromatic rings. The Morgan fingerprint density at radius 1 is 1.10 bits per heavy atom.